The Morgan fingerprint density at radius 3 is 2.32 bits per heavy atom. The Kier molecular flexibility index (Phi) is 4.73. The summed E-state index contributed by atoms with van der Waals surface area (Å²) in [5.74, 6) is 0.814. The highest BCUT2D eigenvalue weighted by Gasteiger charge is 1.96. The van der Waals surface area contributed by atoms with Crippen molar-refractivity contribution in [3.63, 3.8) is 0 Å². The zero-order valence-corrected chi connectivity index (χ0v) is 11.1. The number of rotatable bonds is 6. The summed E-state index contributed by atoms with van der Waals surface area (Å²) in [5, 5.41) is 0. The Morgan fingerprint density at radius 1 is 1.00 bits per heavy atom. The van der Waals surface area contributed by atoms with E-state index in [1.165, 1.54) is 11.1 Å². The molecular formula is C17H18O2. The highest BCUT2D eigenvalue weighted by molar-refractivity contribution is 5.74. The summed E-state index contributed by atoms with van der Waals surface area (Å²) in [6.07, 6.45) is 2.84. The molecule has 98 valence electrons. The zero-order valence-electron chi connectivity index (χ0n) is 11.1. The Labute approximate surface area is 114 Å². The van der Waals surface area contributed by atoms with Gasteiger partial charge in [-0.05, 0) is 49.6 Å². The molecule has 0 saturated heterocycles. The molecule has 2 aromatic carbocycles. The second-order valence-electron chi connectivity index (χ2n) is 4.62. The zero-order chi connectivity index (χ0) is 13.5. The fourth-order valence-corrected chi connectivity index (χ4v) is 1.86. The van der Waals surface area contributed by atoms with Gasteiger partial charge in [-0.25, -0.2) is 0 Å². The van der Waals surface area contributed by atoms with Gasteiger partial charge in [0.1, 0.15) is 12.0 Å². The number of ether oxygens (including phenoxy) is 1. The summed E-state index contributed by atoms with van der Waals surface area (Å²) >= 11 is 0. The van der Waals surface area contributed by atoms with Crippen LogP contribution in [0.5, 0.6) is 5.75 Å². The Bertz CT molecular complexity index is 512. The standard InChI is InChI=1S/C17H18O2/c1-14-4-6-15(7-5-14)3-2-12-19-17-10-8-16(13-18)9-11-17/h4-11,13H,2-3,12H2,1H3. The van der Waals surface area contributed by atoms with Gasteiger partial charge in [0.25, 0.3) is 0 Å². The van der Waals surface area contributed by atoms with Gasteiger partial charge in [0.15, 0.2) is 0 Å². The Hall–Kier alpha value is -2.09. The van der Waals surface area contributed by atoms with Crippen LogP contribution in [0, 0.1) is 6.92 Å². The molecule has 0 aliphatic carbocycles. The van der Waals surface area contributed by atoms with Gasteiger partial charge in [-0.1, -0.05) is 29.8 Å². The molecule has 2 heteroatoms. The maximum atomic E-state index is 10.5. The average Bonchev–Trinajstić information content (AvgIpc) is 2.46. The number of carbonyl (C=O) groups excluding carboxylic acids is 1. The Morgan fingerprint density at radius 2 is 1.68 bits per heavy atom. The van der Waals surface area contributed by atoms with Crippen LogP contribution in [0.1, 0.15) is 27.9 Å². The van der Waals surface area contributed by atoms with Gasteiger partial charge >= 0.3 is 0 Å². The number of hydrogen-bond acceptors (Lipinski definition) is 2. The summed E-state index contributed by atoms with van der Waals surface area (Å²) in [4.78, 5) is 10.5. The maximum Gasteiger partial charge on any atom is 0.150 e. The fourth-order valence-electron chi connectivity index (χ4n) is 1.86. The summed E-state index contributed by atoms with van der Waals surface area (Å²) in [6.45, 7) is 2.78. The molecule has 0 radical (unpaired) electrons. The Balaban J connectivity index is 1.74. The molecule has 0 spiro atoms. The van der Waals surface area contributed by atoms with Crippen LogP contribution < -0.4 is 4.74 Å². The van der Waals surface area contributed by atoms with Crippen LogP contribution in [0.3, 0.4) is 0 Å². The number of aryl methyl sites for hydroxylation is 2. The molecule has 0 aliphatic rings. The highest BCUT2D eigenvalue weighted by atomic mass is 16.5. The predicted molar refractivity (Wildman–Crippen MR) is 76.8 cm³/mol. The van der Waals surface area contributed by atoms with Crippen molar-refractivity contribution in [3.8, 4) is 5.75 Å². The highest BCUT2D eigenvalue weighted by Crippen LogP contribution is 2.12. The smallest absolute Gasteiger partial charge is 0.150 e. The van der Waals surface area contributed by atoms with E-state index in [4.69, 9.17) is 4.74 Å². The average molecular weight is 254 g/mol. The molecule has 0 aromatic heterocycles. The van der Waals surface area contributed by atoms with Crippen molar-refractivity contribution in [1.29, 1.82) is 0 Å². The first-order valence-corrected chi connectivity index (χ1v) is 6.51. The number of hydrogen-bond donors (Lipinski definition) is 0. The molecule has 2 rings (SSSR count). The third-order valence-electron chi connectivity index (χ3n) is 3.02. The predicted octanol–water partition coefficient (Wildman–Crippen LogP) is 3.82. The molecule has 0 fully saturated rings. The lowest BCUT2D eigenvalue weighted by Crippen LogP contribution is -1.99. The summed E-state index contributed by atoms with van der Waals surface area (Å²) in [6, 6.07) is 15.8. The molecule has 0 bridgehead atoms. The molecular weight excluding hydrogens is 236 g/mol. The number of carbonyl (C=O) groups is 1. The van der Waals surface area contributed by atoms with Crippen molar-refractivity contribution in [2.75, 3.05) is 6.61 Å². The van der Waals surface area contributed by atoms with Gasteiger partial charge in [0, 0.05) is 5.56 Å². The van der Waals surface area contributed by atoms with Crippen LogP contribution in [0.4, 0.5) is 0 Å². The van der Waals surface area contributed by atoms with E-state index < -0.39 is 0 Å². The second kappa shape index (κ2) is 6.74. The maximum absolute atomic E-state index is 10.5. The van der Waals surface area contributed by atoms with E-state index >= 15 is 0 Å². The lowest BCUT2D eigenvalue weighted by molar-refractivity contribution is 0.112. The summed E-state index contributed by atoms with van der Waals surface area (Å²) in [5.41, 5.74) is 3.30. The van der Waals surface area contributed by atoms with E-state index in [0.29, 0.717) is 12.2 Å². The van der Waals surface area contributed by atoms with E-state index in [1.54, 1.807) is 12.1 Å². The van der Waals surface area contributed by atoms with E-state index in [2.05, 4.69) is 31.2 Å². The van der Waals surface area contributed by atoms with Crippen molar-refractivity contribution in [2.24, 2.45) is 0 Å². The topological polar surface area (TPSA) is 26.3 Å². The minimum atomic E-state index is 0.673. The van der Waals surface area contributed by atoms with Gasteiger partial charge < -0.3 is 4.74 Å². The first kappa shape index (κ1) is 13.3. The first-order valence-electron chi connectivity index (χ1n) is 6.51. The molecule has 0 aliphatic heterocycles. The van der Waals surface area contributed by atoms with Crippen molar-refractivity contribution in [3.05, 3.63) is 65.2 Å². The van der Waals surface area contributed by atoms with Crippen LogP contribution in [0.2, 0.25) is 0 Å². The quantitative estimate of drug-likeness (QED) is 0.578. The first-order chi connectivity index (χ1) is 9.28. The summed E-state index contributed by atoms with van der Waals surface area (Å²) < 4.78 is 5.64. The van der Waals surface area contributed by atoms with E-state index in [1.807, 2.05) is 12.1 Å². The molecule has 0 unspecified atom stereocenters. The normalized spacial score (nSPS) is 10.2. The van der Waals surface area contributed by atoms with Crippen molar-refractivity contribution < 1.29 is 9.53 Å². The summed E-state index contributed by atoms with van der Waals surface area (Å²) in [7, 11) is 0. The molecule has 0 heterocycles. The minimum Gasteiger partial charge on any atom is -0.494 e. The third-order valence-corrected chi connectivity index (χ3v) is 3.02. The van der Waals surface area contributed by atoms with Gasteiger partial charge in [-0.15, -0.1) is 0 Å². The van der Waals surface area contributed by atoms with Crippen LogP contribution in [-0.4, -0.2) is 12.9 Å². The van der Waals surface area contributed by atoms with Crippen LogP contribution in [0.25, 0.3) is 0 Å². The molecule has 19 heavy (non-hydrogen) atoms. The van der Waals surface area contributed by atoms with E-state index in [9.17, 15) is 4.79 Å². The van der Waals surface area contributed by atoms with Gasteiger partial charge in [-0.2, -0.15) is 0 Å². The van der Waals surface area contributed by atoms with E-state index in [0.717, 1.165) is 24.9 Å². The van der Waals surface area contributed by atoms with Crippen molar-refractivity contribution in [1.82, 2.24) is 0 Å². The number of benzene rings is 2. The molecule has 2 nitrogen and oxygen atoms in total. The van der Waals surface area contributed by atoms with Gasteiger partial charge in [0.05, 0.1) is 6.61 Å². The monoisotopic (exact) mass is 254 g/mol. The second-order valence-corrected chi connectivity index (χ2v) is 4.62. The van der Waals surface area contributed by atoms with Gasteiger partial charge in [-0.3, -0.25) is 4.79 Å². The largest absolute Gasteiger partial charge is 0.494 e. The fraction of sp³-hybridized carbons (Fsp3) is 0.235. The third kappa shape index (κ3) is 4.25. The van der Waals surface area contributed by atoms with E-state index in [-0.39, 0.29) is 0 Å². The number of aldehydes is 1. The molecule has 2 aromatic rings. The molecule has 0 atom stereocenters. The van der Waals surface area contributed by atoms with Gasteiger partial charge in [0.2, 0.25) is 0 Å². The lowest BCUT2D eigenvalue weighted by Gasteiger charge is -2.06. The SMILES string of the molecule is Cc1ccc(CCCOc2ccc(C=O)cc2)cc1. The lowest BCUT2D eigenvalue weighted by atomic mass is 10.1. The molecule has 0 N–H and O–H groups in total. The van der Waals surface area contributed by atoms with Crippen LogP contribution in [-0.2, 0) is 6.42 Å². The van der Waals surface area contributed by atoms with Crippen LogP contribution in [0.15, 0.2) is 48.5 Å². The minimum absolute atomic E-state index is 0.673. The molecule has 0 amide bonds. The molecule has 0 saturated carbocycles. The van der Waals surface area contributed by atoms with Crippen molar-refractivity contribution >= 4 is 6.29 Å². The van der Waals surface area contributed by atoms with Crippen molar-refractivity contribution in [2.45, 2.75) is 19.8 Å². The van der Waals surface area contributed by atoms with Crippen LogP contribution >= 0.6 is 0 Å².